The van der Waals surface area contributed by atoms with Gasteiger partial charge in [0.05, 0.1) is 0 Å². The molecule has 0 spiro atoms. The number of rotatable bonds is 4. The fourth-order valence-corrected chi connectivity index (χ4v) is 2.12. The number of nitrogens with one attached hydrogen (secondary N) is 1. The van der Waals surface area contributed by atoms with Crippen molar-refractivity contribution in [1.29, 1.82) is 0 Å². The van der Waals surface area contributed by atoms with Gasteiger partial charge in [0, 0.05) is 11.6 Å². The van der Waals surface area contributed by atoms with Crippen molar-refractivity contribution >= 4 is 5.91 Å². The van der Waals surface area contributed by atoms with E-state index in [9.17, 15) is 4.79 Å². The second-order valence-corrected chi connectivity index (χ2v) is 6.22. The zero-order valence-electron chi connectivity index (χ0n) is 12.7. The first-order valence-corrected chi connectivity index (χ1v) is 6.84. The van der Waals surface area contributed by atoms with Crippen molar-refractivity contribution < 1.29 is 4.79 Å². The molecule has 1 amide bonds. The smallest absolute Gasteiger partial charge is 0.251 e. The molecule has 0 aliphatic carbocycles. The number of hydrogen-bond acceptors (Lipinski definition) is 2. The number of amides is 1. The summed E-state index contributed by atoms with van der Waals surface area (Å²) in [6, 6.07) is 5.91. The molecule has 1 atom stereocenters. The topological polar surface area (TPSA) is 55.1 Å². The van der Waals surface area contributed by atoms with Crippen molar-refractivity contribution in [2.45, 2.75) is 47.1 Å². The fraction of sp³-hybridized carbons (Fsp3) is 0.562. The Hall–Kier alpha value is -1.35. The Bertz CT molecular complexity index is 447. The summed E-state index contributed by atoms with van der Waals surface area (Å²) >= 11 is 0. The second-order valence-electron chi connectivity index (χ2n) is 6.22. The van der Waals surface area contributed by atoms with Gasteiger partial charge in [-0.25, -0.2) is 0 Å². The van der Waals surface area contributed by atoms with Gasteiger partial charge in [-0.1, -0.05) is 32.9 Å². The molecule has 1 aromatic carbocycles. The monoisotopic (exact) mass is 262 g/mol. The normalized spacial score (nSPS) is 13.2. The number of hydrogen-bond donors (Lipinski definition) is 2. The molecule has 0 saturated carbocycles. The van der Waals surface area contributed by atoms with Gasteiger partial charge >= 0.3 is 0 Å². The summed E-state index contributed by atoms with van der Waals surface area (Å²) in [5, 5.41) is 3.12. The largest absolute Gasteiger partial charge is 0.349 e. The highest BCUT2D eigenvalue weighted by molar-refractivity contribution is 5.96. The Morgan fingerprint density at radius 3 is 2.47 bits per heavy atom. The van der Waals surface area contributed by atoms with E-state index in [-0.39, 0.29) is 17.4 Å². The molecule has 1 rings (SSSR count). The molecule has 0 heterocycles. The summed E-state index contributed by atoms with van der Waals surface area (Å²) < 4.78 is 0. The van der Waals surface area contributed by atoms with Crippen LogP contribution in [0.2, 0.25) is 0 Å². The maximum absolute atomic E-state index is 12.4. The molecule has 1 unspecified atom stereocenters. The lowest BCUT2D eigenvalue weighted by Crippen LogP contribution is -2.45. The van der Waals surface area contributed by atoms with Gasteiger partial charge in [0.1, 0.15) is 0 Å². The second kappa shape index (κ2) is 6.20. The Balaban J connectivity index is 2.91. The number of carbonyl (C=O) groups is 1. The number of nitrogens with two attached hydrogens (primary N) is 1. The van der Waals surface area contributed by atoms with E-state index in [1.165, 1.54) is 0 Å². The van der Waals surface area contributed by atoms with Crippen molar-refractivity contribution in [2.75, 3.05) is 6.54 Å². The average molecular weight is 262 g/mol. The molecule has 0 aromatic heterocycles. The van der Waals surface area contributed by atoms with Crippen LogP contribution in [0.3, 0.4) is 0 Å². The summed E-state index contributed by atoms with van der Waals surface area (Å²) in [6.45, 7) is 11.0. The van der Waals surface area contributed by atoms with Gasteiger partial charge in [-0.3, -0.25) is 4.79 Å². The summed E-state index contributed by atoms with van der Waals surface area (Å²) in [4.78, 5) is 12.4. The van der Waals surface area contributed by atoms with Crippen LogP contribution < -0.4 is 11.1 Å². The standard InChI is InChI=1S/C16H26N2O/c1-11-7-6-8-13(12(11)2)15(19)18-14(9-10-17)16(3,4)5/h6-8,14H,9-10,17H2,1-5H3,(H,18,19). The zero-order valence-corrected chi connectivity index (χ0v) is 12.7. The summed E-state index contributed by atoms with van der Waals surface area (Å²) in [7, 11) is 0. The highest BCUT2D eigenvalue weighted by Crippen LogP contribution is 2.22. The molecular weight excluding hydrogens is 236 g/mol. The van der Waals surface area contributed by atoms with Gasteiger partial charge in [-0.05, 0) is 49.4 Å². The van der Waals surface area contributed by atoms with Crippen molar-refractivity contribution in [3.8, 4) is 0 Å². The molecule has 0 radical (unpaired) electrons. The first-order valence-electron chi connectivity index (χ1n) is 6.84. The lowest BCUT2D eigenvalue weighted by atomic mass is 9.84. The molecule has 0 aliphatic rings. The van der Waals surface area contributed by atoms with Gasteiger partial charge in [-0.2, -0.15) is 0 Å². The van der Waals surface area contributed by atoms with Crippen molar-refractivity contribution in [3.05, 3.63) is 34.9 Å². The van der Waals surface area contributed by atoms with Crippen LogP contribution in [0.5, 0.6) is 0 Å². The third kappa shape index (κ3) is 4.06. The lowest BCUT2D eigenvalue weighted by molar-refractivity contribution is 0.0898. The van der Waals surface area contributed by atoms with Crippen molar-refractivity contribution in [1.82, 2.24) is 5.32 Å². The minimum absolute atomic E-state index is 0.00502. The molecule has 0 fully saturated rings. The number of aryl methyl sites for hydroxylation is 1. The van der Waals surface area contributed by atoms with Crippen LogP contribution in [0.15, 0.2) is 18.2 Å². The number of carbonyl (C=O) groups excluding carboxylic acids is 1. The van der Waals surface area contributed by atoms with E-state index in [1.54, 1.807) is 0 Å². The molecule has 0 aliphatic heterocycles. The molecule has 3 N–H and O–H groups in total. The quantitative estimate of drug-likeness (QED) is 0.876. The van der Waals surface area contributed by atoms with Gasteiger partial charge < -0.3 is 11.1 Å². The maximum atomic E-state index is 12.4. The van der Waals surface area contributed by atoms with Gasteiger partial charge in [0.2, 0.25) is 0 Å². The SMILES string of the molecule is Cc1cccc(C(=O)NC(CCN)C(C)(C)C)c1C. The molecule has 0 bridgehead atoms. The predicted octanol–water partition coefficient (Wildman–Crippen LogP) is 2.80. The highest BCUT2D eigenvalue weighted by Gasteiger charge is 2.26. The van der Waals surface area contributed by atoms with Gasteiger partial charge in [0.25, 0.3) is 5.91 Å². The maximum Gasteiger partial charge on any atom is 0.251 e. The van der Waals surface area contributed by atoms with Gasteiger partial charge in [-0.15, -0.1) is 0 Å². The molecule has 0 saturated heterocycles. The minimum atomic E-state index is -0.00502. The van der Waals surface area contributed by atoms with Crippen molar-refractivity contribution in [3.63, 3.8) is 0 Å². The van der Waals surface area contributed by atoms with Crippen molar-refractivity contribution in [2.24, 2.45) is 11.1 Å². The molecular formula is C16H26N2O. The highest BCUT2D eigenvalue weighted by atomic mass is 16.1. The Kier molecular flexibility index (Phi) is 5.12. The summed E-state index contributed by atoms with van der Waals surface area (Å²) in [5.41, 5.74) is 8.59. The van der Waals surface area contributed by atoms with Crippen LogP contribution in [0.1, 0.15) is 48.7 Å². The van der Waals surface area contributed by atoms with Gasteiger partial charge in [0.15, 0.2) is 0 Å². The molecule has 19 heavy (non-hydrogen) atoms. The Morgan fingerprint density at radius 1 is 1.32 bits per heavy atom. The van der Waals surface area contributed by atoms with Crippen LogP contribution in [0, 0.1) is 19.3 Å². The first-order chi connectivity index (χ1) is 8.77. The van der Waals surface area contributed by atoms with E-state index in [0.717, 1.165) is 23.1 Å². The molecule has 1 aromatic rings. The minimum Gasteiger partial charge on any atom is -0.349 e. The molecule has 106 valence electrons. The summed E-state index contributed by atoms with van der Waals surface area (Å²) in [6.07, 6.45) is 0.792. The molecule has 3 nitrogen and oxygen atoms in total. The van der Waals surface area contributed by atoms with Crippen LogP contribution in [0.25, 0.3) is 0 Å². The Labute approximate surface area is 116 Å². The lowest BCUT2D eigenvalue weighted by Gasteiger charge is -2.31. The number of benzene rings is 1. The molecule has 3 heteroatoms. The average Bonchev–Trinajstić information content (AvgIpc) is 2.30. The third-order valence-corrected chi connectivity index (χ3v) is 3.66. The zero-order chi connectivity index (χ0) is 14.6. The van der Waals surface area contributed by atoms with E-state index in [2.05, 4.69) is 26.1 Å². The van der Waals surface area contributed by atoms with E-state index < -0.39 is 0 Å². The van der Waals surface area contributed by atoms with Crippen LogP contribution in [-0.2, 0) is 0 Å². The fourth-order valence-electron chi connectivity index (χ4n) is 2.12. The van der Waals surface area contributed by atoms with E-state index in [4.69, 9.17) is 5.73 Å². The van der Waals surface area contributed by atoms with Crippen LogP contribution >= 0.6 is 0 Å². The van der Waals surface area contributed by atoms with Crippen LogP contribution in [-0.4, -0.2) is 18.5 Å². The third-order valence-electron chi connectivity index (χ3n) is 3.66. The van der Waals surface area contributed by atoms with E-state index in [0.29, 0.717) is 6.54 Å². The predicted molar refractivity (Wildman–Crippen MR) is 80.3 cm³/mol. The van der Waals surface area contributed by atoms with Crippen LogP contribution in [0.4, 0.5) is 0 Å². The van der Waals surface area contributed by atoms with E-state index >= 15 is 0 Å². The van der Waals surface area contributed by atoms with E-state index in [1.807, 2.05) is 32.0 Å². The Morgan fingerprint density at radius 2 is 1.95 bits per heavy atom. The first kappa shape index (κ1) is 15.7. The summed E-state index contributed by atoms with van der Waals surface area (Å²) in [5.74, 6) is -0.00502.